The van der Waals surface area contributed by atoms with Gasteiger partial charge in [0.15, 0.2) is 0 Å². The Morgan fingerprint density at radius 2 is 2.10 bits per heavy atom. The van der Waals surface area contributed by atoms with Crippen molar-refractivity contribution in [2.24, 2.45) is 0 Å². The second-order valence-electron chi connectivity index (χ2n) is 5.62. The molecule has 0 bridgehead atoms. The highest BCUT2D eigenvalue weighted by Gasteiger charge is 2.11. The van der Waals surface area contributed by atoms with Crippen molar-refractivity contribution in [1.29, 1.82) is 0 Å². The zero-order valence-corrected chi connectivity index (χ0v) is 12.8. The minimum atomic E-state index is 0.0137. The lowest BCUT2D eigenvalue weighted by Gasteiger charge is -2.18. The Morgan fingerprint density at radius 1 is 1.38 bits per heavy atom. The largest absolute Gasteiger partial charge is 0.383 e. The number of rotatable bonds is 5. The molecule has 0 aliphatic carbocycles. The maximum absolute atomic E-state index is 11.8. The van der Waals surface area contributed by atoms with Crippen LogP contribution in [0.2, 0.25) is 0 Å². The van der Waals surface area contributed by atoms with Gasteiger partial charge in [-0.05, 0) is 33.0 Å². The van der Waals surface area contributed by atoms with E-state index in [0.717, 1.165) is 16.5 Å². The lowest BCUT2D eigenvalue weighted by molar-refractivity contribution is -0.122. The fourth-order valence-electron chi connectivity index (χ4n) is 2.26. The van der Waals surface area contributed by atoms with Crippen LogP contribution in [0.5, 0.6) is 0 Å². The summed E-state index contributed by atoms with van der Waals surface area (Å²) < 4.78 is 0. The van der Waals surface area contributed by atoms with Crippen LogP contribution < -0.4 is 11.1 Å². The summed E-state index contributed by atoms with van der Waals surface area (Å²) >= 11 is 0. The molecule has 1 aromatic heterocycles. The van der Waals surface area contributed by atoms with Gasteiger partial charge < -0.3 is 11.1 Å². The van der Waals surface area contributed by atoms with Crippen molar-refractivity contribution >= 4 is 22.6 Å². The number of likely N-dealkylation sites (N-methyl/N-ethyl adjacent to an activating group) is 1. The molecule has 2 aromatic rings. The Hall–Kier alpha value is -2.14. The molecule has 5 nitrogen and oxygen atoms in total. The Morgan fingerprint density at radius 3 is 2.81 bits per heavy atom. The smallest absolute Gasteiger partial charge is 0.234 e. The molecule has 2 rings (SSSR count). The lowest BCUT2D eigenvalue weighted by atomic mass is 10.1. The number of hydrogen-bond acceptors (Lipinski definition) is 4. The van der Waals surface area contributed by atoms with Crippen LogP contribution in [0.1, 0.15) is 19.4 Å². The molecular weight excluding hydrogens is 264 g/mol. The average Bonchev–Trinajstić information content (AvgIpc) is 2.38. The zero-order valence-electron chi connectivity index (χ0n) is 12.8. The maximum Gasteiger partial charge on any atom is 0.234 e. The van der Waals surface area contributed by atoms with Gasteiger partial charge >= 0.3 is 0 Å². The van der Waals surface area contributed by atoms with Crippen molar-refractivity contribution in [3.05, 3.63) is 35.9 Å². The van der Waals surface area contributed by atoms with E-state index in [-0.39, 0.29) is 11.9 Å². The van der Waals surface area contributed by atoms with Gasteiger partial charge in [-0.25, -0.2) is 4.98 Å². The number of nitrogens with zero attached hydrogens (tertiary/aromatic N) is 2. The third-order valence-electron chi connectivity index (χ3n) is 3.14. The Labute approximate surface area is 125 Å². The number of nitrogen functional groups attached to an aromatic ring is 1. The van der Waals surface area contributed by atoms with Crippen molar-refractivity contribution < 1.29 is 4.79 Å². The predicted octanol–water partition coefficient (Wildman–Crippen LogP) is 1.77. The third kappa shape index (κ3) is 4.16. The SMILES string of the molecule is CC(C)NC(=O)CN(C)Cc1cc2ccccc2nc1N. The molecule has 0 aliphatic heterocycles. The number of nitrogens with two attached hydrogens (primary N) is 1. The minimum Gasteiger partial charge on any atom is -0.383 e. The number of carbonyl (C=O) groups excluding carboxylic acids is 1. The zero-order chi connectivity index (χ0) is 15.4. The number of anilines is 1. The number of benzene rings is 1. The standard InChI is InChI=1S/C16H22N4O/c1-11(2)18-15(21)10-20(3)9-13-8-12-6-4-5-7-14(12)19-16(13)17/h4-8,11H,9-10H2,1-3H3,(H2,17,19)(H,18,21). The summed E-state index contributed by atoms with van der Waals surface area (Å²) in [5, 5.41) is 3.93. The Kier molecular flexibility index (Phi) is 4.75. The fourth-order valence-corrected chi connectivity index (χ4v) is 2.26. The summed E-state index contributed by atoms with van der Waals surface area (Å²) in [5.74, 6) is 0.532. The molecular formula is C16H22N4O. The molecule has 21 heavy (non-hydrogen) atoms. The van der Waals surface area contributed by atoms with E-state index in [1.165, 1.54) is 0 Å². The quantitative estimate of drug-likeness (QED) is 0.879. The molecule has 1 heterocycles. The van der Waals surface area contributed by atoms with E-state index in [4.69, 9.17) is 5.73 Å². The van der Waals surface area contributed by atoms with E-state index < -0.39 is 0 Å². The minimum absolute atomic E-state index is 0.0137. The van der Waals surface area contributed by atoms with E-state index >= 15 is 0 Å². The van der Waals surface area contributed by atoms with E-state index in [9.17, 15) is 4.79 Å². The molecule has 0 atom stereocenters. The first kappa shape index (κ1) is 15.3. The Bertz CT molecular complexity index is 639. The summed E-state index contributed by atoms with van der Waals surface area (Å²) in [6.07, 6.45) is 0. The molecule has 0 saturated heterocycles. The van der Waals surface area contributed by atoms with E-state index in [2.05, 4.69) is 10.3 Å². The third-order valence-corrected chi connectivity index (χ3v) is 3.14. The summed E-state index contributed by atoms with van der Waals surface area (Å²) in [6.45, 7) is 4.83. The van der Waals surface area contributed by atoms with Gasteiger partial charge in [0, 0.05) is 23.5 Å². The molecule has 0 saturated carbocycles. The van der Waals surface area contributed by atoms with Gasteiger partial charge in [-0.15, -0.1) is 0 Å². The highest BCUT2D eigenvalue weighted by Crippen LogP contribution is 2.19. The van der Waals surface area contributed by atoms with Gasteiger partial charge in [-0.3, -0.25) is 9.69 Å². The average molecular weight is 286 g/mol. The number of nitrogens with one attached hydrogen (secondary N) is 1. The van der Waals surface area contributed by atoms with E-state index in [0.29, 0.717) is 18.9 Å². The summed E-state index contributed by atoms with van der Waals surface area (Å²) in [4.78, 5) is 18.1. The maximum atomic E-state index is 11.8. The van der Waals surface area contributed by atoms with Gasteiger partial charge in [0.05, 0.1) is 12.1 Å². The molecule has 112 valence electrons. The molecule has 0 radical (unpaired) electrons. The second kappa shape index (κ2) is 6.54. The highest BCUT2D eigenvalue weighted by atomic mass is 16.2. The van der Waals surface area contributed by atoms with Crippen LogP contribution in [-0.2, 0) is 11.3 Å². The molecule has 1 aromatic carbocycles. The van der Waals surface area contributed by atoms with Gasteiger partial charge in [-0.2, -0.15) is 0 Å². The van der Waals surface area contributed by atoms with Crippen LogP contribution in [0.4, 0.5) is 5.82 Å². The molecule has 0 unspecified atom stereocenters. The first-order chi connectivity index (χ1) is 9.95. The van der Waals surface area contributed by atoms with Crippen LogP contribution in [0.3, 0.4) is 0 Å². The number of hydrogen-bond donors (Lipinski definition) is 2. The van der Waals surface area contributed by atoms with E-state index in [1.807, 2.05) is 56.1 Å². The molecule has 5 heteroatoms. The number of carbonyl (C=O) groups is 1. The van der Waals surface area contributed by atoms with Crippen LogP contribution in [-0.4, -0.2) is 35.4 Å². The van der Waals surface area contributed by atoms with Crippen molar-refractivity contribution in [2.75, 3.05) is 19.3 Å². The van der Waals surface area contributed by atoms with Gasteiger partial charge in [0.1, 0.15) is 5.82 Å². The van der Waals surface area contributed by atoms with Crippen molar-refractivity contribution in [3.8, 4) is 0 Å². The highest BCUT2D eigenvalue weighted by molar-refractivity contribution is 5.81. The van der Waals surface area contributed by atoms with Crippen LogP contribution in [0.15, 0.2) is 30.3 Å². The van der Waals surface area contributed by atoms with Crippen molar-refractivity contribution in [1.82, 2.24) is 15.2 Å². The molecule has 0 fully saturated rings. The van der Waals surface area contributed by atoms with Crippen molar-refractivity contribution in [2.45, 2.75) is 26.4 Å². The predicted molar refractivity (Wildman–Crippen MR) is 85.8 cm³/mol. The van der Waals surface area contributed by atoms with Crippen molar-refractivity contribution in [3.63, 3.8) is 0 Å². The van der Waals surface area contributed by atoms with E-state index in [1.54, 1.807) is 0 Å². The van der Waals surface area contributed by atoms with Crippen LogP contribution >= 0.6 is 0 Å². The van der Waals surface area contributed by atoms with Gasteiger partial charge in [-0.1, -0.05) is 18.2 Å². The lowest BCUT2D eigenvalue weighted by Crippen LogP contribution is -2.38. The topological polar surface area (TPSA) is 71.2 Å². The van der Waals surface area contributed by atoms with Crippen LogP contribution in [0, 0.1) is 0 Å². The second-order valence-corrected chi connectivity index (χ2v) is 5.62. The summed E-state index contributed by atoms with van der Waals surface area (Å²) in [7, 11) is 1.90. The summed E-state index contributed by atoms with van der Waals surface area (Å²) in [6, 6.07) is 10.1. The summed E-state index contributed by atoms with van der Waals surface area (Å²) in [5.41, 5.74) is 7.83. The molecule has 1 amide bonds. The first-order valence-electron chi connectivity index (χ1n) is 7.07. The molecule has 0 aliphatic rings. The fraction of sp³-hybridized carbons (Fsp3) is 0.375. The number of pyridine rings is 1. The Balaban J connectivity index is 2.08. The van der Waals surface area contributed by atoms with Crippen LogP contribution in [0.25, 0.3) is 10.9 Å². The normalized spacial score (nSPS) is 11.3. The number of aromatic nitrogens is 1. The molecule has 3 N–H and O–H groups in total. The number of para-hydroxylation sites is 1. The first-order valence-corrected chi connectivity index (χ1v) is 7.07. The molecule has 0 spiro atoms. The number of fused-ring (bicyclic) bond motifs is 1. The van der Waals surface area contributed by atoms with Gasteiger partial charge in [0.2, 0.25) is 5.91 Å². The van der Waals surface area contributed by atoms with Gasteiger partial charge in [0.25, 0.3) is 0 Å². The number of amides is 1. The monoisotopic (exact) mass is 286 g/mol.